The molecule has 0 spiro atoms. The van der Waals surface area contributed by atoms with E-state index in [0.717, 1.165) is 0 Å². The van der Waals surface area contributed by atoms with Crippen LogP contribution in [0.1, 0.15) is 171 Å². The van der Waals surface area contributed by atoms with E-state index >= 15 is 0 Å². The van der Waals surface area contributed by atoms with Crippen LogP contribution in [0.25, 0.3) is 0 Å². The standard InChI is InChI=1S/C63H116N20O13/c1-10-40-37(7)71-41(11-2)55(88)78-43(20-13-27-65)56(89)72-38(8)53(86)76-46(23-16-30-68)59(92)81-48(33-35(3)4)61(94)77-42(19-12-26-64)54(87)70-34-50(84)83-32-18-25-49(83)62(95)79-47(24-17-31-69)60(93)82-51(36(5)6)63(96)80-44(21-14-28-66)57(90)73-39(9)52(85)75-45(22-15-29-67)58(91)74-40/h35-36,38-49,51H,10-34,64-69H2,1-9H3,(H,70,87)(H,72,89)(H,73,90)(H,74,91)(H,75,85)(H,76,86)(H,77,94)(H,78,88)(H,79,95)(H,80,96)(H,81,92)(H,82,93). The van der Waals surface area contributed by atoms with Gasteiger partial charge in [0.05, 0.1) is 12.6 Å². The van der Waals surface area contributed by atoms with Gasteiger partial charge in [0.25, 0.3) is 0 Å². The van der Waals surface area contributed by atoms with Crippen molar-refractivity contribution in [3.8, 4) is 0 Å². The molecular weight excluding hydrogens is 1240 g/mol. The minimum absolute atomic E-state index is 0.0153. The molecule has 33 nitrogen and oxygen atoms in total. The van der Waals surface area contributed by atoms with Crippen LogP contribution < -0.4 is 98.2 Å². The molecule has 13 atom stereocenters. The van der Waals surface area contributed by atoms with E-state index in [0.29, 0.717) is 18.6 Å². The Balaban J connectivity index is 2.74. The van der Waals surface area contributed by atoms with Crippen LogP contribution in [0.5, 0.6) is 0 Å². The molecular formula is C63H116N20O13. The van der Waals surface area contributed by atoms with Crippen LogP contribution in [0.3, 0.4) is 0 Å². The van der Waals surface area contributed by atoms with E-state index in [2.05, 4.69) is 68.8 Å². The Morgan fingerprint density at radius 1 is 0.417 bits per heavy atom. The van der Waals surface area contributed by atoms with Crippen molar-refractivity contribution in [2.45, 2.75) is 250 Å². The lowest BCUT2D eigenvalue weighted by atomic mass is 10.0. The van der Waals surface area contributed by atoms with Crippen LogP contribution in [0, 0.1) is 11.8 Å². The predicted molar refractivity (Wildman–Crippen MR) is 362 cm³/mol. The summed E-state index contributed by atoms with van der Waals surface area (Å²) < 4.78 is 0. The number of hydrogen-bond acceptors (Lipinski definition) is 20. The minimum Gasteiger partial charge on any atom is -0.346 e. The summed E-state index contributed by atoms with van der Waals surface area (Å²) in [5.74, 6) is -10.3. The smallest absolute Gasteiger partial charge is 0.245 e. The second-order valence-electron chi connectivity index (χ2n) is 25.5. The first-order valence-electron chi connectivity index (χ1n) is 34.2. The van der Waals surface area contributed by atoms with Crippen LogP contribution in [-0.4, -0.2) is 218 Å². The highest BCUT2D eigenvalue weighted by molar-refractivity contribution is 6.00. The lowest BCUT2D eigenvalue weighted by Gasteiger charge is -2.29. The fraction of sp³-hybridized carbons (Fsp3) is 0.778. The van der Waals surface area contributed by atoms with Crippen molar-refractivity contribution < 1.29 is 62.3 Å². The highest BCUT2D eigenvalue weighted by Gasteiger charge is 2.39. The number of carbonyl (C=O) groups excluding carboxylic acids is 13. The maximum atomic E-state index is 14.2. The van der Waals surface area contributed by atoms with E-state index in [4.69, 9.17) is 34.4 Å². The van der Waals surface area contributed by atoms with Crippen LogP contribution in [0.15, 0.2) is 4.99 Å². The van der Waals surface area contributed by atoms with Crippen molar-refractivity contribution in [2.24, 2.45) is 51.2 Å². The fourth-order valence-electron chi connectivity index (χ4n) is 10.9. The number of nitrogens with zero attached hydrogens (tertiary/aromatic N) is 2. The Hall–Kier alpha value is -7.46. The predicted octanol–water partition coefficient (Wildman–Crippen LogP) is -4.74. The Labute approximate surface area is 565 Å². The summed E-state index contributed by atoms with van der Waals surface area (Å²) in [4.78, 5) is 189. The third kappa shape index (κ3) is 29.1. The number of rotatable bonds is 23. The lowest BCUT2D eigenvalue weighted by Crippen LogP contribution is -2.60. The Morgan fingerprint density at radius 3 is 1.16 bits per heavy atom. The zero-order valence-electron chi connectivity index (χ0n) is 58.0. The van der Waals surface area contributed by atoms with Gasteiger partial charge in [0.1, 0.15) is 72.5 Å². The molecule has 0 aromatic rings. The molecule has 1 fully saturated rings. The zero-order chi connectivity index (χ0) is 72.2. The van der Waals surface area contributed by atoms with Crippen LogP contribution in [0.4, 0.5) is 0 Å². The quantitative estimate of drug-likeness (QED) is 0.0457. The minimum atomic E-state index is -1.28. The normalized spacial score (nSPS) is 27.3. The van der Waals surface area contributed by atoms with Crippen LogP contribution >= 0.6 is 0 Å². The lowest BCUT2D eigenvalue weighted by molar-refractivity contribution is -0.140. The molecule has 0 bridgehead atoms. The molecule has 2 heterocycles. The molecule has 0 aromatic heterocycles. The molecule has 0 aliphatic carbocycles. The number of aliphatic imine (C=N–C) groups is 1. The fourth-order valence-corrected chi connectivity index (χ4v) is 10.9. The van der Waals surface area contributed by atoms with Gasteiger partial charge in [-0.2, -0.15) is 0 Å². The van der Waals surface area contributed by atoms with E-state index in [1.165, 1.54) is 18.7 Å². The second kappa shape index (κ2) is 45.1. The molecule has 24 N–H and O–H groups in total. The molecule has 2 rings (SSSR count). The van der Waals surface area contributed by atoms with Gasteiger partial charge in [-0.3, -0.25) is 67.3 Å². The molecule has 546 valence electrons. The van der Waals surface area contributed by atoms with E-state index in [1.54, 1.807) is 48.5 Å². The van der Waals surface area contributed by atoms with Gasteiger partial charge >= 0.3 is 0 Å². The second-order valence-corrected chi connectivity index (χ2v) is 25.5. The van der Waals surface area contributed by atoms with Crippen LogP contribution in [0.2, 0.25) is 0 Å². The molecule has 0 aromatic carbocycles. The maximum Gasteiger partial charge on any atom is 0.245 e. The van der Waals surface area contributed by atoms with Gasteiger partial charge in [-0.15, -0.1) is 0 Å². The number of nitrogens with two attached hydrogens (primary N) is 6. The maximum absolute atomic E-state index is 14.2. The number of amides is 13. The van der Waals surface area contributed by atoms with E-state index in [1.807, 2.05) is 0 Å². The van der Waals surface area contributed by atoms with Crippen molar-refractivity contribution in [1.82, 2.24) is 68.7 Å². The molecule has 13 amide bonds. The van der Waals surface area contributed by atoms with Crippen molar-refractivity contribution in [1.29, 1.82) is 0 Å². The summed E-state index contributed by atoms with van der Waals surface area (Å²) in [6, 6.07) is -15.4. The summed E-state index contributed by atoms with van der Waals surface area (Å²) >= 11 is 0. The van der Waals surface area contributed by atoms with Gasteiger partial charge in [0.15, 0.2) is 0 Å². The summed E-state index contributed by atoms with van der Waals surface area (Å²) in [7, 11) is 0. The average Bonchev–Trinajstić information content (AvgIpc) is 1.83. The van der Waals surface area contributed by atoms with Gasteiger partial charge < -0.3 is 103 Å². The molecule has 33 heteroatoms. The summed E-state index contributed by atoms with van der Waals surface area (Å²) in [5, 5.41) is 32.4. The summed E-state index contributed by atoms with van der Waals surface area (Å²) in [6.45, 7) is 15.1. The van der Waals surface area contributed by atoms with E-state index < -0.39 is 168 Å². The molecule has 2 aliphatic rings. The molecule has 0 radical (unpaired) electrons. The van der Waals surface area contributed by atoms with Gasteiger partial charge in [0, 0.05) is 12.3 Å². The molecule has 0 saturated carbocycles. The Kier molecular flexibility index (Phi) is 39.8. The van der Waals surface area contributed by atoms with Gasteiger partial charge in [-0.1, -0.05) is 41.5 Å². The molecule has 2 aliphatic heterocycles. The van der Waals surface area contributed by atoms with Gasteiger partial charge in [-0.25, -0.2) is 0 Å². The summed E-state index contributed by atoms with van der Waals surface area (Å²) in [6.07, 6.45) is 2.92. The number of hydrogen-bond donors (Lipinski definition) is 18. The van der Waals surface area contributed by atoms with E-state index in [-0.39, 0.29) is 148 Å². The van der Waals surface area contributed by atoms with Gasteiger partial charge in [-0.05, 0) is 181 Å². The summed E-state index contributed by atoms with van der Waals surface area (Å²) in [5.41, 5.74) is 35.4. The van der Waals surface area contributed by atoms with Crippen molar-refractivity contribution in [2.75, 3.05) is 52.4 Å². The van der Waals surface area contributed by atoms with Crippen molar-refractivity contribution >= 4 is 82.5 Å². The molecule has 13 unspecified atom stereocenters. The topological polar surface area (TPSA) is 538 Å². The average molecular weight is 1360 g/mol. The number of fused-ring (bicyclic) bond motifs is 1. The van der Waals surface area contributed by atoms with Gasteiger partial charge in [0.2, 0.25) is 76.8 Å². The highest BCUT2D eigenvalue weighted by Crippen LogP contribution is 2.19. The van der Waals surface area contributed by atoms with E-state index in [9.17, 15) is 62.3 Å². The molecule has 1 saturated heterocycles. The Morgan fingerprint density at radius 2 is 0.760 bits per heavy atom. The first kappa shape index (κ1) is 84.6. The third-order valence-electron chi connectivity index (χ3n) is 16.6. The van der Waals surface area contributed by atoms with Crippen molar-refractivity contribution in [3.63, 3.8) is 0 Å². The third-order valence-corrected chi connectivity index (χ3v) is 16.6. The van der Waals surface area contributed by atoms with Crippen molar-refractivity contribution in [3.05, 3.63) is 0 Å². The van der Waals surface area contributed by atoms with Crippen LogP contribution in [-0.2, 0) is 62.3 Å². The monoisotopic (exact) mass is 1360 g/mol. The number of nitrogens with one attached hydrogen (secondary N) is 12. The first-order valence-corrected chi connectivity index (χ1v) is 34.2. The highest BCUT2D eigenvalue weighted by atomic mass is 16.2. The molecule has 96 heavy (non-hydrogen) atoms. The number of carbonyl (C=O) groups is 13. The largest absolute Gasteiger partial charge is 0.346 e. The SMILES string of the molecule is CCC1N=C(C)C(CC)NC(=O)C(CCCN)NC(=O)C(C)NC(=O)C(CCCN)NC(=O)C(C(C)C)NC(=O)C(CCCN)NC(=O)C2CCCN2C(=O)CNC(=O)C(CCCN)NC(=O)C(CC(C)C)NC(=O)C(CCCN)NC(=O)C(C)NC(=O)C(CCCN)NC1=O. The first-order chi connectivity index (χ1) is 45.6. The Bertz CT molecular complexity index is 2600. The zero-order valence-corrected chi connectivity index (χ0v) is 58.0.